The summed E-state index contributed by atoms with van der Waals surface area (Å²) in [5.74, 6) is -0.0228. The summed E-state index contributed by atoms with van der Waals surface area (Å²) in [5.41, 5.74) is 7.12. The van der Waals surface area contributed by atoms with E-state index in [1.54, 1.807) is 11.0 Å². The minimum absolute atomic E-state index is 0.0228. The van der Waals surface area contributed by atoms with E-state index in [0.29, 0.717) is 23.7 Å². The quantitative estimate of drug-likeness (QED) is 0.785. The standard InChI is InChI=1S/C11H13ClN2O/c1-7-3-2-4-9(10(7)12)11(15)14-5-8(13)6-14/h2-4,8H,5-6,13H2,1H3. The average Bonchev–Trinajstić information content (AvgIpc) is 2.16. The van der Waals surface area contributed by atoms with Crippen molar-refractivity contribution < 1.29 is 4.79 Å². The predicted molar refractivity (Wildman–Crippen MR) is 60.1 cm³/mol. The van der Waals surface area contributed by atoms with Crippen molar-refractivity contribution in [2.45, 2.75) is 13.0 Å². The number of rotatable bonds is 1. The van der Waals surface area contributed by atoms with Gasteiger partial charge in [0.2, 0.25) is 0 Å². The van der Waals surface area contributed by atoms with Gasteiger partial charge in [-0.3, -0.25) is 4.79 Å². The molecule has 2 rings (SSSR count). The number of carbonyl (C=O) groups is 1. The normalized spacial score (nSPS) is 16.3. The number of nitrogens with zero attached hydrogens (tertiary/aromatic N) is 1. The lowest BCUT2D eigenvalue weighted by molar-refractivity contribution is 0.0608. The molecule has 1 aliphatic rings. The number of halogens is 1. The molecule has 0 bridgehead atoms. The number of benzene rings is 1. The molecule has 0 aliphatic carbocycles. The predicted octanol–water partition coefficient (Wildman–Crippen LogP) is 1.43. The van der Waals surface area contributed by atoms with Crippen LogP contribution in [0.3, 0.4) is 0 Å². The van der Waals surface area contributed by atoms with Crippen LogP contribution in [0.2, 0.25) is 5.02 Å². The van der Waals surface area contributed by atoms with Crippen molar-refractivity contribution in [1.82, 2.24) is 4.90 Å². The minimum Gasteiger partial charge on any atom is -0.335 e. The molecule has 0 unspecified atom stereocenters. The van der Waals surface area contributed by atoms with Crippen LogP contribution in [0.25, 0.3) is 0 Å². The van der Waals surface area contributed by atoms with Gasteiger partial charge >= 0.3 is 0 Å². The number of nitrogens with two attached hydrogens (primary N) is 1. The third kappa shape index (κ3) is 1.85. The monoisotopic (exact) mass is 224 g/mol. The molecule has 80 valence electrons. The number of likely N-dealkylation sites (tertiary alicyclic amines) is 1. The first-order valence-corrected chi connectivity index (χ1v) is 5.27. The molecule has 1 amide bonds. The molecule has 1 fully saturated rings. The highest BCUT2D eigenvalue weighted by atomic mass is 35.5. The average molecular weight is 225 g/mol. The Balaban J connectivity index is 2.22. The molecule has 1 aliphatic heterocycles. The Morgan fingerprint density at radius 2 is 2.20 bits per heavy atom. The summed E-state index contributed by atoms with van der Waals surface area (Å²) in [6.45, 7) is 3.15. The van der Waals surface area contributed by atoms with Crippen LogP contribution in [0.1, 0.15) is 15.9 Å². The van der Waals surface area contributed by atoms with Crippen molar-refractivity contribution in [3.63, 3.8) is 0 Å². The second kappa shape index (κ2) is 3.83. The largest absolute Gasteiger partial charge is 0.335 e. The van der Waals surface area contributed by atoms with Gasteiger partial charge in [-0.1, -0.05) is 23.7 Å². The fourth-order valence-electron chi connectivity index (χ4n) is 1.66. The number of hydrogen-bond donors (Lipinski definition) is 1. The molecule has 1 aromatic carbocycles. The van der Waals surface area contributed by atoms with E-state index in [2.05, 4.69) is 0 Å². The molecule has 0 saturated carbocycles. The lowest BCUT2D eigenvalue weighted by atomic mass is 10.1. The molecule has 0 atom stereocenters. The van der Waals surface area contributed by atoms with Gasteiger partial charge in [-0.05, 0) is 18.6 Å². The van der Waals surface area contributed by atoms with E-state index in [1.807, 2.05) is 19.1 Å². The van der Waals surface area contributed by atoms with Gasteiger partial charge in [0.25, 0.3) is 5.91 Å². The molecule has 0 aromatic heterocycles. The Bertz CT molecular complexity index is 400. The van der Waals surface area contributed by atoms with Gasteiger partial charge in [0.1, 0.15) is 0 Å². The Morgan fingerprint density at radius 3 is 2.80 bits per heavy atom. The Labute approximate surface area is 93.8 Å². The third-order valence-electron chi connectivity index (χ3n) is 2.62. The first-order chi connectivity index (χ1) is 7.09. The van der Waals surface area contributed by atoms with Gasteiger partial charge in [-0.2, -0.15) is 0 Å². The zero-order chi connectivity index (χ0) is 11.0. The van der Waals surface area contributed by atoms with Crippen molar-refractivity contribution in [3.05, 3.63) is 34.3 Å². The van der Waals surface area contributed by atoms with Crippen molar-refractivity contribution in [2.24, 2.45) is 5.73 Å². The van der Waals surface area contributed by atoms with Crippen LogP contribution < -0.4 is 5.73 Å². The highest BCUT2D eigenvalue weighted by molar-refractivity contribution is 6.34. The summed E-state index contributed by atoms with van der Waals surface area (Å²) in [6.07, 6.45) is 0. The summed E-state index contributed by atoms with van der Waals surface area (Å²) in [5, 5.41) is 0.544. The van der Waals surface area contributed by atoms with Crippen molar-refractivity contribution >= 4 is 17.5 Å². The molecule has 1 heterocycles. The summed E-state index contributed by atoms with van der Waals surface area (Å²) in [4.78, 5) is 13.6. The van der Waals surface area contributed by atoms with Crippen LogP contribution in [0.15, 0.2) is 18.2 Å². The highest BCUT2D eigenvalue weighted by Gasteiger charge is 2.29. The van der Waals surface area contributed by atoms with E-state index < -0.39 is 0 Å². The van der Waals surface area contributed by atoms with E-state index in [0.717, 1.165) is 5.56 Å². The molecule has 1 aromatic rings. The van der Waals surface area contributed by atoms with Crippen LogP contribution in [0, 0.1) is 6.92 Å². The SMILES string of the molecule is Cc1cccc(C(=O)N2CC(N)C2)c1Cl. The summed E-state index contributed by atoms with van der Waals surface area (Å²) >= 11 is 6.07. The number of carbonyl (C=O) groups excluding carboxylic acids is 1. The van der Waals surface area contributed by atoms with E-state index >= 15 is 0 Å². The number of aryl methyl sites for hydroxylation is 1. The van der Waals surface area contributed by atoms with Crippen LogP contribution in [0.4, 0.5) is 0 Å². The lowest BCUT2D eigenvalue weighted by Crippen LogP contribution is -2.57. The molecule has 15 heavy (non-hydrogen) atoms. The molecule has 0 spiro atoms. The van der Waals surface area contributed by atoms with E-state index in [-0.39, 0.29) is 11.9 Å². The molecular weight excluding hydrogens is 212 g/mol. The number of amides is 1. The topological polar surface area (TPSA) is 46.3 Å². The van der Waals surface area contributed by atoms with Crippen molar-refractivity contribution in [1.29, 1.82) is 0 Å². The van der Waals surface area contributed by atoms with Gasteiger partial charge in [-0.25, -0.2) is 0 Å². The van der Waals surface area contributed by atoms with Crippen LogP contribution in [-0.2, 0) is 0 Å². The van der Waals surface area contributed by atoms with Crippen LogP contribution in [0.5, 0.6) is 0 Å². The van der Waals surface area contributed by atoms with E-state index in [9.17, 15) is 4.79 Å². The second-order valence-corrected chi connectivity index (χ2v) is 4.28. The smallest absolute Gasteiger partial charge is 0.255 e. The Hall–Kier alpha value is -1.06. The minimum atomic E-state index is -0.0228. The molecule has 4 heteroatoms. The Kier molecular flexibility index (Phi) is 2.67. The maximum atomic E-state index is 11.9. The van der Waals surface area contributed by atoms with Crippen molar-refractivity contribution in [2.75, 3.05) is 13.1 Å². The van der Waals surface area contributed by atoms with Gasteiger partial charge in [0.15, 0.2) is 0 Å². The maximum Gasteiger partial charge on any atom is 0.255 e. The first-order valence-electron chi connectivity index (χ1n) is 4.89. The molecule has 1 saturated heterocycles. The maximum absolute atomic E-state index is 11.9. The zero-order valence-electron chi connectivity index (χ0n) is 8.53. The van der Waals surface area contributed by atoms with Crippen molar-refractivity contribution in [3.8, 4) is 0 Å². The van der Waals surface area contributed by atoms with Gasteiger partial charge in [0, 0.05) is 19.1 Å². The zero-order valence-corrected chi connectivity index (χ0v) is 9.29. The summed E-state index contributed by atoms with van der Waals surface area (Å²) in [7, 11) is 0. The molecule has 3 nitrogen and oxygen atoms in total. The van der Waals surface area contributed by atoms with Gasteiger partial charge in [0.05, 0.1) is 10.6 Å². The molecular formula is C11H13ClN2O. The van der Waals surface area contributed by atoms with E-state index in [1.165, 1.54) is 0 Å². The fraction of sp³-hybridized carbons (Fsp3) is 0.364. The molecule has 2 N–H and O–H groups in total. The molecule has 0 radical (unpaired) electrons. The summed E-state index contributed by atoms with van der Waals surface area (Å²) in [6, 6.07) is 5.61. The summed E-state index contributed by atoms with van der Waals surface area (Å²) < 4.78 is 0. The first kappa shape index (κ1) is 10.5. The van der Waals surface area contributed by atoms with Crippen LogP contribution in [-0.4, -0.2) is 29.9 Å². The fourth-order valence-corrected chi connectivity index (χ4v) is 1.87. The van der Waals surface area contributed by atoms with Gasteiger partial charge < -0.3 is 10.6 Å². The number of hydrogen-bond acceptors (Lipinski definition) is 2. The second-order valence-electron chi connectivity index (χ2n) is 3.91. The Morgan fingerprint density at radius 1 is 1.53 bits per heavy atom. The highest BCUT2D eigenvalue weighted by Crippen LogP contribution is 2.23. The van der Waals surface area contributed by atoms with Crippen LogP contribution >= 0.6 is 11.6 Å². The third-order valence-corrected chi connectivity index (χ3v) is 3.12. The lowest BCUT2D eigenvalue weighted by Gasteiger charge is -2.37. The van der Waals surface area contributed by atoms with E-state index in [4.69, 9.17) is 17.3 Å². The van der Waals surface area contributed by atoms with Gasteiger partial charge in [-0.15, -0.1) is 0 Å².